The number of carbonyl (C=O) groups excluding carboxylic acids is 1. The number of Topliss-reactive ketones (excluding diaryl/α,β-unsaturated/α-hetero) is 1. The largest absolute Gasteiger partial charge is 0.481 e. The van der Waals surface area contributed by atoms with Crippen LogP contribution in [0.5, 0.6) is 0 Å². The minimum Gasteiger partial charge on any atom is -0.481 e. The lowest BCUT2D eigenvalue weighted by Crippen LogP contribution is -2.17. The van der Waals surface area contributed by atoms with Gasteiger partial charge in [-0.15, -0.1) is 0 Å². The van der Waals surface area contributed by atoms with E-state index < -0.39 is 29.8 Å². The van der Waals surface area contributed by atoms with Crippen molar-refractivity contribution in [2.24, 2.45) is 17.8 Å². The third kappa shape index (κ3) is 0.721. The van der Waals surface area contributed by atoms with E-state index in [1.54, 1.807) is 0 Å². The molecule has 2 rings (SSSR count). The maximum atomic E-state index is 12.5. The predicted molar refractivity (Wildman–Crippen MR) is 32.6 cm³/mol. The molecule has 2 saturated carbocycles. The molecule has 2 fully saturated rings. The molecule has 2 aliphatic rings. The summed E-state index contributed by atoms with van der Waals surface area (Å²) in [7, 11) is 0. The average molecular weight is 158 g/mol. The van der Waals surface area contributed by atoms with Crippen LogP contribution >= 0.6 is 0 Å². The normalized spacial score (nSPS) is 47.2. The minimum absolute atomic E-state index is 0.125. The SMILES string of the molecule is O=C(O)C1C2CC(F)C(=O)C21. The van der Waals surface area contributed by atoms with Crippen molar-refractivity contribution in [3.05, 3.63) is 0 Å². The fourth-order valence-corrected chi connectivity index (χ4v) is 1.96. The molecule has 1 N–H and O–H groups in total. The monoisotopic (exact) mass is 158 g/mol. The van der Waals surface area contributed by atoms with Gasteiger partial charge in [0.2, 0.25) is 0 Å². The first kappa shape index (κ1) is 6.76. The maximum absolute atomic E-state index is 12.5. The Morgan fingerprint density at radius 2 is 2.27 bits per heavy atom. The molecule has 4 unspecified atom stereocenters. The molecule has 0 radical (unpaired) electrons. The Kier molecular flexibility index (Phi) is 1.11. The van der Waals surface area contributed by atoms with Crippen molar-refractivity contribution in [3.63, 3.8) is 0 Å². The van der Waals surface area contributed by atoms with Gasteiger partial charge in [-0.25, -0.2) is 4.39 Å². The van der Waals surface area contributed by atoms with Crippen LogP contribution < -0.4 is 0 Å². The second kappa shape index (κ2) is 1.81. The highest BCUT2D eigenvalue weighted by Gasteiger charge is 2.65. The number of aliphatic carboxylic acids is 1. The Bertz CT molecular complexity index is 238. The van der Waals surface area contributed by atoms with E-state index in [0.29, 0.717) is 0 Å². The van der Waals surface area contributed by atoms with Crippen LogP contribution in [-0.4, -0.2) is 23.0 Å². The summed E-state index contributed by atoms with van der Waals surface area (Å²) in [4.78, 5) is 21.2. The van der Waals surface area contributed by atoms with Crippen molar-refractivity contribution in [2.75, 3.05) is 0 Å². The Balaban J connectivity index is 2.11. The number of rotatable bonds is 1. The molecule has 3 nitrogen and oxygen atoms in total. The molecule has 4 atom stereocenters. The molecule has 0 aliphatic heterocycles. The summed E-state index contributed by atoms with van der Waals surface area (Å²) in [5.41, 5.74) is 0. The molecule has 0 saturated heterocycles. The summed E-state index contributed by atoms with van der Waals surface area (Å²) in [6.45, 7) is 0. The van der Waals surface area contributed by atoms with Crippen LogP contribution in [0.4, 0.5) is 4.39 Å². The lowest BCUT2D eigenvalue weighted by molar-refractivity contribution is -0.141. The number of hydrogen-bond acceptors (Lipinski definition) is 2. The molecule has 0 aromatic carbocycles. The van der Waals surface area contributed by atoms with Crippen LogP contribution in [-0.2, 0) is 9.59 Å². The minimum atomic E-state index is -1.39. The van der Waals surface area contributed by atoms with Gasteiger partial charge in [0.05, 0.1) is 5.92 Å². The van der Waals surface area contributed by atoms with Gasteiger partial charge in [0, 0.05) is 5.92 Å². The highest BCUT2D eigenvalue weighted by atomic mass is 19.1. The topological polar surface area (TPSA) is 54.4 Å². The summed E-state index contributed by atoms with van der Waals surface area (Å²) in [5.74, 6) is -2.73. The van der Waals surface area contributed by atoms with Gasteiger partial charge in [0.25, 0.3) is 0 Å². The van der Waals surface area contributed by atoms with Gasteiger partial charge in [0.15, 0.2) is 12.0 Å². The van der Waals surface area contributed by atoms with Crippen molar-refractivity contribution in [2.45, 2.75) is 12.6 Å². The third-order valence-corrected chi connectivity index (χ3v) is 2.57. The highest BCUT2D eigenvalue weighted by molar-refractivity contribution is 5.97. The molecular weight excluding hydrogens is 151 g/mol. The second-order valence-corrected chi connectivity index (χ2v) is 3.16. The molecule has 2 aliphatic carbocycles. The van der Waals surface area contributed by atoms with Gasteiger partial charge >= 0.3 is 5.97 Å². The zero-order valence-corrected chi connectivity index (χ0v) is 5.66. The van der Waals surface area contributed by atoms with Crippen LogP contribution in [0, 0.1) is 17.8 Å². The molecule has 0 aromatic rings. The lowest BCUT2D eigenvalue weighted by Gasteiger charge is -1.99. The van der Waals surface area contributed by atoms with E-state index in [2.05, 4.69) is 0 Å². The maximum Gasteiger partial charge on any atom is 0.307 e. The number of ketones is 1. The smallest absolute Gasteiger partial charge is 0.307 e. The fourth-order valence-electron chi connectivity index (χ4n) is 1.96. The molecule has 0 heterocycles. The van der Waals surface area contributed by atoms with Gasteiger partial charge in [-0.3, -0.25) is 9.59 Å². The summed E-state index contributed by atoms with van der Waals surface area (Å²) in [6.07, 6.45) is -1.26. The number of carboxylic acids is 1. The highest BCUT2D eigenvalue weighted by Crippen LogP contribution is 2.56. The van der Waals surface area contributed by atoms with E-state index in [-0.39, 0.29) is 12.3 Å². The van der Waals surface area contributed by atoms with Crippen LogP contribution in [0.3, 0.4) is 0 Å². The Labute approximate surface area is 62.2 Å². The van der Waals surface area contributed by atoms with Gasteiger partial charge in [-0.1, -0.05) is 0 Å². The first-order valence-electron chi connectivity index (χ1n) is 3.53. The zero-order valence-electron chi connectivity index (χ0n) is 5.66. The molecular formula is C7H7FO3. The second-order valence-electron chi connectivity index (χ2n) is 3.16. The van der Waals surface area contributed by atoms with Crippen molar-refractivity contribution >= 4 is 11.8 Å². The summed E-state index contributed by atoms with van der Waals surface area (Å²) >= 11 is 0. The van der Waals surface area contributed by atoms with Gasteiger partial charge in [-0.2, -0.15) is 0 Å². The molecule has 0 bridgehead atoms. The van der Waals surface area contributed by atoms with Crippen LogP contribution in [0.15, 0.2) is 0 Å². The summed E-state index contributed by atoms with van der Waals surface area (Å²) in [6, 6.07) is 0. The number of fused-ring (bicyclic) bond motifs is 1. The van der Waals surface area contributed by atoms with Crippen molar-refractivity contribution in [3.8, 4) is 0 Å². The van der Waals surface area contributed by atoms with Crippen LogP contribution in [0.25, 0.3) is 0 Å². The van der Waals surface area contributed by atoms with Gasteiger partial charge in [0.1, 0.15) is 0 Å². The molecule has 60 valence electrons. The van der Waals surface area contributed by atoms with Gasteiger partial charge < -0.3 is 5.11 Å². The fraction of sp³-hybridized carbons (Fsp3) is 0.714. The van der Waals surface area contributed by atoms with Crippen LogP contribution in [0.2, 0.25) is 0 Å². The first-order chi connectivity index (χ1) is 5.13. The Morgan fingerprint density at radius 1 is 1.64 bits per heavy atom. The number of carboxylic acid groups (broad SMARTS) is 1. The van der Waals surface area contributed by atoms with E-state index in [0.717, 1.165) is 0 Å². The van der Waals surface area contributed by atoms with E-state index in [1.807, 2.05) is 0 Å². The van der Waals surface area contributed by atoms with Gasteiger partial charge in [-0.05, 0) is 12.3 Å². The van der Waals surface area contributed by atoms with Crippen molar-refractivity contribution in [1.29, 1.82) is 0 Å². The van der Waals surface area contributed by atoms with E-state index >= 15 is 0 Å². The molecule has 4 heteroatoms. The van der Waals surface area contributed by atoms with Crippen molar-refractivity contribution < 1.29 is 19.1 Å². The number of hydrogen-bond donors (Lipinski definition) is 1. The average Bonchev–Trinajstić information content (AvgIpc) is 2.54. The van der Waals surface area contributed by atoms with Crippen molar-refractivity contribution in [1.82, 2.24) is 0 Å². The van der Waals surface area contributed by atoms with E-state index in [4.69, 9.17) is 5.11 Å². The number of carbonyl (C=O) groups is 2. The van der Waals surface area contributed by atoms with Crippen LogP contribution in [0.1, 0.15) is 6.42 Å². The standard InChI is InChI=1S/C7H7FO3/c8-3-1-2-4(6(3)9)5(2)7(10)11/h2-5H,1H2,(H,10,11). The third-order valence-electron chi connectivity index (χ3n) is 2.57. The number of alkyl halides is 1. The van der Waals surface area contributed by atoms with E-state index in [9.17, 15) is 14.0 Å². The van der Waals surface area contributed by atoms with E-state index in [1.165, 1.54) is 0 Å². The Hall–Kier alpha value is -0.930. The molecule has 0 spiro atoms. The first-order valence-corrected chi connectivity index (χ1v) is 3.53. The molecule has 11 heavy (non-hydrogen) atoms. The predicted octanol–water partition coefficient (Wildman–Crippen LogP) is 0.244. The molecule has 0 amide bonds. The quantitative estimate of drug-likeness (QED) is 0.594. The summed E-state index contributed by atoms with van der Waals surface area (Å²) < 4.78 is 12.5. The lowest BCUT2D eigenvalue weighted by atomic mass is 10.1. The summed E-state index contributed by atoms with van der Waals surface area (Å²) in [5, 5.41) is 8.49. The number of halogens is 1. The zero-order chi connectivity index (χ0) is 8.17. The molecule has 0 aromatic heterocycles. The Morgan fingerprint density at radius 3 is 2.64 bits per heavy atom.